The van der Waals surface area contributed by atoms with Crippen molar-refractivity contribution in [2.75, 3.05) is 25.0 Å². The van der Waals surface area contributed by atoms with Gasteiger partial charge in [0, 0.05) is 43.2 Å². The predicted molar refractivity (Wildman–Crippen MR) is 146 cm³/mol. The highest BCUT2D eigenvalue weighted by molar-refractivity contribution is 5.94. The summed E-state index contributed by atoms with van der Waals surface area (Å²) in [4.78, 5) is 23.3. The molecule has 0 radical (unpaired) electrons. The highest BCUT2D eigenvalue weighted by Crippen LogP contribution is 2.26. The van der Waals surface area contributed by atoms with Crippen LogP contribution in [0.1, 0.15) is 48.0 Å². The second-order valence-electron chi connectivity index (χ2n) is 9.83. The maximum Gasteiger partial charge on any atom is 0.251 e. The number of amides is 1. The molecule has 2 atom stereocenters. The van der Waals surface area contributed by atoms with Crippen LogP contribution in [-0.4, -0.2) is 52.5 Å². The molecule has 0 bridgehead atoms. The van der Waals surface area contributed by atoms with E-state index in [1.807, 2.05) is 54.6 Å². The Morgan fingerprint density at radius 2 is 1.64 bits per heavy atom. The van der Waals surface area contributed by atoms with Gasteiger partial charge in [-0.15, -0.1) is 0 Å². The number of fused-ring (bicyclic) bond motifs is 1. The minimum absolute atomic E-state index is 0.0124. The van der Waals surface area contributed by atoms with Gasteiger partial charge in [0.05, 0.1) is 11.0 Å². The molecule has 1 aliphatic heterocycles. The van der Waals surface area contributed by atoms with Crippen LogP contribution in [0.15, 0.2) is 84.9 Å². The summed E-state index contributed by atoms with van der Waals surface area (Å²) in [7, 11) is 0. The van der Waals surface area contributed by atoms with Crippen molar-refractivity contribution in [2.24, 2.45) is 0 Å². The number of aromatic nitrogens is 2. The van der Waals surface area contributed by atoms with Crippen LogP contribution in [0, 0.1) is 0 Å². The summed E-state index contributed by atoms with van der Waals surface area (Å²) in [6, 6.07) is 29.0. The lowest BCUT2D eigenvalue weighted by Gasteiger charge is -2.37. The molecular formula is C30H35N5O. The number of piperidine rings is 1. The van der Waals surface area contributed by atoms with Crippen LogP contribution in [0.2, 0.25) is 0 Å². The van der Waals surface area contributed by atoms with Crippen LogP contribution < -0.4 is 10.6 Å². The number of carbonyl (C=O) groups is 1. The summed E-state index contributed by atoms with van der Waals surface area (Å²) in [5, 5.41) is 6.78. The third kappa shape index (κ3) is 5.94. The number of hydrogen-bond donors (Lipinski definition) is 3. The van der Waals surface area contributed by atoms with E-state index < -0.39 is 0 Å². The number of hydrogen-bond acceptors (Lipinski definition) is 4. The molecule has 36 heavy (non-hydrogen) atoms. The van der Waals surface area contributed by atoms with Crippen molar-refractivity contribution in [3.05, 3.63) is 96.1 Å². The van der Waals surface area contributed by atoms with Crippen molar-refractivity contribution in [1.29, 1.82) is 0 Å². The van der Waals surface area contributed by atoms with Crippen molar-refractivity contribution in [3.63, 3.8) is 0 Å². The van der Waals surface area contributed by atoms with Gasteiger partial charge in [-0.1, -0.05) is 60.7 Å². The number of imidazole rings is 1. The number of rotatable bonds is 9. The van der Waals surface area contributed by atoms with E-state index in [0.717, 1.165) is 49.3 Å². The van der Waals surface area contributed by atoms with Crippen molar-refractivity contribution in [1.82, 2.24) is 20.2 Å². The zero-order valence-electron chi connectivity index (χ0n) is 20.9. The number of likely N-dealkylation sites (tertiary alicyclic amines) is 1. The van der Waals surface area contributed by atoms with Gasteiger partial charge in [0.1, 0.15) is 0 Å². The molecule has 5 rings (SSSR count). The fourth-order valence-corrected chi connectivity index (χ4v) is 5.23. The fourth-order valence-electron chi connectivity index (χ4n) is 5.23. The largest absolute Gasteiger partial charge is 0.353 e. The molecule has 1 fully saturated rings. The molecular weight excluding hydrogens is 446 g/mol. The summed E-state index contributed by atoms with van der Waals surface area (Å²) in [6.07, 6.45) is 3.17. The van der Waals surface area contributed by atoms with E-state index in [2.05, 4.69) is 62.8 Å². The SMILES string of the molecule is CC(CC(CNC(=O)c1ccccc1)c1ccccc1)N1CCC(Nc2nc3ccccc3[nH]2)CC1. The van der Waals surface area contributed by atoms with Crippen LogP contribution in [-0.2, 0) is 0 Å². The number of carbonyl (C=O) groups excluding carboxylic acids is 1. The molecule has 1 saturated heterocycles. The lowest BCUT2D eigenvalue weighted by atomic mass is 9.91. The number of aromatic amines is 1. The topological polar surface area (TPSA) is 73.1 Å². The van der Waals surface area contributed by atoms with Crippen LogP contribution in [0.4, 0.5) is 5.95 Å². The van der Waals surface area contributed by atoms with Gasteiger partial charge in [0.25, 0.3) is 5.91 Å². The molecule has 6 heteroatoms. The maximum atomic E-state index is 12.7. The van der Waals surface area contributed by atoms with Gasteiger partial charge in [-0.25, -0.2) is 4.98 Å². The minimum Gasteiger partial charge on any atom is -0.353 e. The van der Waals surface area contributed by atoms with E-state index in [0.29, 0.717) is 24.2 Å². The molecule has 1 aromatic heterocycles. The normalized spacial score (nSPS) is 16.5. The molecule has 3 N–H and O–H groups in total. The van der Waals surface area contributed by atoms with E-state index in [1.165, 1.54) is 5.56 Å². The van der Waals surface area contributed by atoms with Gasteiger partial charge in [-0.3, -0.25) is 4.79 Å². The summed E-state index contributed by atoms with van der Waals surface area (Å²) in [5.74, 6) is 1.11. The van der Waals surface area contributed by atoms with Gasteiger partial charge in [-0.05, 0) is 56.0 Å². The molecule has 0 aliphatic carbocycles. The van der Waals surface area contributed by atoms with Crippen molar-refractivity contribution in [3.8, 4) is 0 Å². The van der Waals surface area contributed by atoms with E-state index in [-0.39, 0.29) is 11.8 Å². The smallest absolute Gasteiger partial charge is 0.251 e. The second kappa shape index (κ2) is 11.4. The average Bonchev–Trinajstić information content (AvgIpc) is 3.34. The van der Waals surface area contributed by atoms with Gasteiger partial charge in [0.2, 0.25) is 5.95 Å². The molecule has 0 spiro atoms. The number of nitrogens with zero attached hydrogens (tertiary/aromatic N) is 2. The Morgan fingerprint density at radius 3 is 2.36 bits per heavy atom. The predicted octanol–water partition coefficient (Wildman–Crippen LogP) is 5.43. The first-order valence-corrected chi connectivity index (χ1v) is 13.0. The highest BCUT2D eigenvalue weighted by Gasteiger charge is 2.26. The first-order valence-electron chi connectivity index (χ1n) is 13.0. The molecule has 4 aromatic rings. The summed E-state index contributed by atoms with van der Waals surface area (Å²) < 4.78 is 0. The Morgan fingerprint density at radius 1 is 0.972 bits per heavy atom. The van der Waals surface area contributed by atoms with Gasteiger partial charge >= 0.3 is 0 Å². The molecule has 1 amide bonds. The zero-order chi connectivity index (χ0) is 24.7. The Balaban J connectivity index is 1.16. The standard InChI is InChI=1S/C30H35N5O/c1-22(35-18-16-26(17-19-35)32-30-33-27-14-8-9-15-28(27)34-30)20-25(23-10-4-2-5-11-23)21-31-29(36)24-12-6-3-7-13-24/h2-15,22,25-26H,16-21H2,1H3,(H,31,36)(H2,32,33,34). The third-order valence-corrected chi connectivity index (χ3v) is 7.32. The summed E-state index contributed by atoms with van der Waals surface area (Å²) in [5.41, 5.74) is 4.05. The molecule has 186 valence electrons. The Kier molecular flexibility index (Phi) is 7.62. The van der Waals surface area contributed by atoms with Crippen LogP contribution in [0.25, 0.3) is 11.0 Å². The van der Waals surface area contributed by atoms with E-state index in [1.54, 1.807) is 0 Å². The molecule has 2 unspecified atom stereocenters. The van der Waals surface area contributed by atoms with Crippen LogP contribution >= 0.6 is 0 Å². The Hall–Kier alpha value is -3.64. The zero-order valence-corrected chi connectivity index (χ0v) is 20.9. The van der Waals surface area contributed by atoms with Crippen molar-refractivity contribution in [2.45, 2.75) is 44.2 Å². The molecule has 6 nitrogen and oxygen atoms in total. The van der Waals surface area contributed by atoms with E-state index >= 15 is 0 Å². The van der Waals surface area contributed by atoms with Crippen LogP contribution in [0.3, 0.4) is 0 Å². The lowest BCUT2D eigenvalue weighted by molar-refractivity contribution is 0.0946. The lowest BCUT2D eigenvalue weighted by Crippen LogP contribution is -2.44. The Labute approximate surface area is 213 Å². The first-order chi connectivity index (χ1) is 17.7. The number of nitrogens with one attached hydrogen (secondary N) is 3. The van der Waals surface area contributed by atoms with Crippen molar-refractivity contribution >= 4 is 22.9 Å². The average molecular weight is 482 g/mol. The molecule has 0 saturated carbocycles. The van der Waals surface area contributed by atoms with Gasteiger partial charge in [0.15, 0.2) is 0 Å². The van der Waals surface area contributed by atoms with Crippen molar-refractivity contribution < 1.29 is 4.79 Å². The number of benzene rings is 3. The van der Waals surface area contributed by atoms with Gasteiger partial charge < -0.3 is 20.5 Å². The molecule has 2 heterocycles. The molecule has 1 aliphatic rings. The quantitative estimate of drug-likeness (QED) is 0.298. The first kappa shape index (κ1) is 24.1. The Bertz CT molecular complexity index is 1220. The maximum absolute atomic E-state index is 12.7. The molecule has 3 aromatic carbocycles. The number of anilines is 1. The van der Waals surface area contributed by atoms with Gasteiger partial charge in [-0.2, -0.15) is 0 Å². The van der Waals surface area contributed by atoms with E-state index in [4.69, 9.17) is 0 Å². The minimum atomic E-state index is -0.0124. The number of H-pyrrole nitrogens is 1. The number of para-hydroxylation sites is 2. The highest BCUT2D eigenvalue weighted by atomic mass is 16.1. The second-order valence-corrected chi connectivity index (χ2v) is 9.83. The van der Waals surface area contributed by atoms with E-state index in [9.17, 15) is 4.79 Å². The summed E-state index contributed by atoms with van der Waals surface area (Å²) >= 11 is 0. The summed E-state index contributed by atoms with van der Waals surface area (Å²) in [6.45, 7) is 5.06. The van der Waals surface area contributed by atoms with Crippen LogP contribution in [0.5, 0.6) is 0 Å². The fraction of sp³-hybridized carbons (Fsp3) is 0.333. The third-order valence-electron chi connectivity index (χ3n) is 7.32. The monoisotopic (exact) mass is 481 g/mol.